The molecular weight excluding hydrogens is 278 g/mol. The van der Waals surface area contributed by atoms with Crippen LogP contribution in [0.25, 0.3) is 0 Å². The van der Waals surface area contributed by atoms with E-state index >= 15 is 0 Å². The van der Waals surface area contributed by atoms with Gasteiger partial charge in [0.05, 0.1) is 0 Å². The van der Waals surface area contributed by atoms with Gasteiger partial charge in [0, 0.05) is 44.9 Å². The van der Waals surface area contributed by atoms with E-state index in [1.165, 1.54) is 0 Å². The van der Waals surface area contributed by atoms with Gasteiger partial charge in [-0.2, -0.15) is 0 Å². The van der Waals surface area contributed by atoms with Gasteiger partial charge in [-0.15, -0.1) is 0 Å². The summed E-state index contributed by atoms with van der Waals surface area (Å²) < 4.78 is 0. The number of amides is 2. The summed E-state index contributed by atoms with van der Waals surface area (Å²) in [7, 11) is 3.91. The molecule has 5 heteroatoms. The van der Waals surface area contributed by atoms with Crippen LogP contribution in [0.15, 0.2) is 24.3 Å². The Morgan fingerprint density at radius 3 is 2.05 bits per heavy atom. The second-order valence-corrected chi connectivity index (χ2v) is 6.78. The van der Waals surface area contributed by atoms with E-state index in [1.54, 1.807) is 12.1 Å². The molecule has 0 bridgehead atoms. The van der Waals surface area contributed by atoms with E-state index in [-0.39, 0.29) is 17.2 Å². The number of nitrogens with zero attached hydrogens (tertiary/aromatic N) is 1. The molecule has 2 amide bonds. The zero-order valence-corrected chi connectivity index (χ0v) is 14.2. The summed E-state index contributed by atoms with van der Waals surface area (Å²) in [6, 6.07) is 7.39. The van der Waals surface area contributed by atoms with Gasteiger partial charge in [0.2, 0.25) is 5.91 Å². The van der Waals surface area contributed by atoms with Crippen LogP contribution in [0.4, 0.5) is 5.69 Å². The number of nitrogens with one attached hydrogen (secondary N) is 2. The van der Waals surface area contributed by atoms with Crippen molar-refractivity contribution in [2.45, 2.75) is 27.2 Å². The Hall–Kier alpha value is -2.04. The second kappa shape index (κ2) is 7.82. The zero-order valence-electron chi connectivity index (χ0n) is 14.2. The number of carbonyl (C=O) groups is 2. The largest absolute Gasteiger partial charge is 0.378 e. The summed E-state index contributed by atoms with van der Waals surface area (Å²) in [6.45, 7) is 6.92. The third-order valence-corrected chi connectivity index (χ3v) is 3.07. The first kappa shape index (κ1) is 18.0. The van der Waals surface area contributed by atoms with Crippen molar-refractivity contribution in [3.05, 3.63) is 29.8 Å². The van der Waals surface area contributed by atoms with Crippen LogP contribution < -0.4 is 15.5 Å². The van der Waals surface area contributed by atoms with Gasteiger partial charge in [-0.25, -0.2) is 0 Å². The van der Waals surface area contributed by atoms with Gasteiger partial charge < -0.3 is 15.5 Å². The molecule has 2 N–H and O–H groups in total. The van der Waals surface area contributed by atoms with Crippen LogP contribution in [0.5, 0.6) is 0 Å². The van der Waals surface area contributed by atoms with Crippen molar-refractivity contribution < 1.29 is 9.59 Å². The highest BCUT2D eigenvalue weighted by Gasteiger charge is 2.15. The van der Waals surface area contributed by atoms with Crippen molar-refractivity contribution in [3.8, 4) is 0 Å². The lowest BCUT2D eigenvalue weighted by atomic mass is 9.92. The van der Waals surface area contributed by atoms with Gasteiger partial charge in [0.25, 0.3) is 5.91 Å². The predicted octanol–water partition coefficient (Wildman–Crippen LogP) is 2.03. The van der Waals surface area contributed by atoms with Crippen molar-refractivity contribution in [1.29, 1.82) is 0 Å². The highest BCUT2D eigenvalue weighted by molar-refractivity contribution is 5.94. The first-order chi connectivity index (χ1) is 10.2. The summed E-state index contributed by atoms with van der Waals surface area (Å²) in [4.78, 5) is 25.6. The van der Waals surface area contributed by atoms with Crippen LogP contribution in [0, 0.1) is 5.41 Å². The van der Waals surface area contributed by atoms with Gasteiger partial charge >= 0.3 is 0 Å². The zero-order chi connectivity index (χ0) is 16.8. The van der Waals surface area contributed by atoms with Crippen LogP contribution in [0.1, 0.15) is 37.6 Å². The van der Waals surface area contributed by atoms with Gasteiger partial charge in [0.1, 0.15) is 0 Å². The Kier molecular flexibility index (Phi) is 6.40. The third-order valence-electron chi connectivity index (χ3n) is 3.07. The fraction of sp³-hybridized carbons (Fsp3) is 0.529. The van der Waals surface area contributed by atoms with E-state index in [9.17, 15) is 9.59 Å². The fourth-order valence-corrected chi connectivity index (χ4v) is 1.94. The standard InChI is InChI=1S/C17H27N3O2/c1-17(2,3)12-15(21)18-10-11-19-16(22)13-6-8-14(9-7-13)20(4)5/h6-9H,10-12H2,1-5H3,(H,18,21)(H,19,22). The van der Waals surface area contributed by atoms with E-state index in [0.717, 1.165) is 5.69 Å². The highest BCUT2D eigenvalue weighted by Crippen LogP contribution is 2.17. The Bertz CT molecular complexity index is 502. The van der Waals surface area contributed by atoms with E-state index in [0.29, 0.717) is 25.1 Å². The lowest BCUT2D eigenvalue weighted by Crippen LogP contribution is -2.35. The molecular formula is C17H27N3O2. The molecule has 0 aliphatic rings. The maximum Gasteiger partial charge on any atom is 0.251 e. The second-order valence-electron chi connectivity index (χ2n) is 6.78. The topological polar surface area (TPSA) is 61.4 Å². The number of rotatable bonds is 6. The molecule has 1 aromatic carbocycles. The average Bonchev–Trinajstić information content (AvgIpc) is 2.41. The van der Waals surface area contributed by atoms with Gasteiger partial charge in [-0.05, 0) is 29.7 Å². The Labute approximate surface area is 133 Å². The van der Waals surface area contributed by atoms with Crippen molar-refractivity contribution in [2.24, 2.45) is 5.41 Å². The molecule has 22 heavy (non-hydrogen) atoms. The molecule has 122 valence electrons. The molecule has 0 saturated heterocycles. The minimum absolute atomic E-state index is 0.0112. The normalized spacial score (nSPS) is 11.0. The molecule has 0 saturated carbocycles. The van der Waals surface area contributed by atoms with Crippen molar-refractivity contribution >= 4 is 17.5 Å². The van der Waals surface area contributed by atoms with Crippen molar-refractivity contribution in [2.75, 3.05) is 32.1 Å². The van der Waals surface area contributed by atoms with E-state index in [2.05, 4.69) is 10.6 Å². The molecule has 0 heterocycles. The molecule has 0 aliphatic heterocycles. The molecule has 0 fully saturated rings. The lowest BCUT2D eigenvalue weighted by Gasteiger charge is -2.17. The summed E-state index contributed by atoms with van der Waals surface area (Å²) in [5, 5.41) is 5.61. The minimum atomic E-state index is -0.129. The van der Waals surface area contributed by atoms with Crippen molar-refractivity contribution in [3.63, 3.8) is 0 Å². The summed E-state index contributed by atoms with van der Waals surface area (Å²) in [6.07, 6.45) is 0.479. The number of hydrogen-bond donors (Lipinski definition) is 2. The van der Waals surface area contributed by atoms with Crippen LogP contribution in [-0.2, 0) is 4.79 Å². The van der Waals surface area contributed by atoms with Crippen LogP contribution >= 0.6 is 0 Å². The third kappa shape index (κ3) is 6.61. The number of anilines is 1. The molecule has 0 spiro atoms. The molecule has 1 aromatic rings. The minimum Gasteiger partial charge on any atom is -0.378 e. The maximum atomic E-state index is 12.0. The molecule has 0 radical (unpaired) electrons. The highest BCUT2D eigenvalue weighted by atomic mass is 16.2. The molecule has 0 aliphatic carbocycles. The van der Waals surface area contributed by atoms with Gasteiger partial charge in [-0.3, -0.25) is 9.59 Å². The van der Waals surface area contributed by atoms with Gasteiger partial charge in [-0.1, -0.05) is 20.8 Å². The fourth-order valence-electron chi connectivity index (χ4n) is 1.94. The number of benzene rings is 1. The van der Waals surface area contributed by atoms with Crippen LogP contribution in [0.3, 0.4) is 0 Å². The van der Waals surface area contributed by atoms with E-state index in [4.69, 9.17) is 0 Å². The summed E-state index contributed by atoms with van der Waals surface area (Å²) in [5.41, 5.74) is 1.64. The smallest absolute Gasteiger partial charge is 0.251 e. The SMILES string of the molecule is CN(C)c1ccc(C(=O)NCCNC(=O)CC(C)(C)C)cc1. The molecule has 5 nitrogen and oxygen atoms in total. The van der Waals surface area contributed by atoms with E-state index in [1.807, 2.05) is 51.9 Å². The predicted molar refractivity (Wildman–Crippen MR) is 90.2 cm³/mol. The molecule has 0 unspecified atom stereocenters. The van der Waals surface area contributed by atoms with Crippen molar-refractivity contribution in [1.82, 2.24) is 10.6 Å². The Morgan fingerprint density at radius 2 is 1.55 bits per heavy atom. The Morgan fingerprint density at radius 1 is 1.00 bits per heavy atom. The average molecular weight is 305 g/mol. The maximum absolute atomic E-state index is 12.0. The van der Waals surface area contributed by atoms with E-state index < -0.39 is 0 Å². The Balaban J connectivity index is 2.33. The summed E-state index contributed by atoms with van der Waals surface area (Å²) >= 11 is 0. The summed E-state index contributed by atoms with van der Waals surface area (Å²) in [5.74, 6) is -0.118. The first-order valence-corrected chi connectivity index (χ1v) is 7.51. The quantitative estimate of drug-likeness (QED) is 0.791. The van der Waals surface area contributed by atoms with Gasteiger partial charge in [0.15, 0.2) is 0 Å². The number of hydrogen-bond acceptors (Lipinski definition) is 3. The van der Waals surface area contributed by atoms with Crippen LogP contribution in [0.2, 0.25) is 0 Å². The molecule has 0 aromatic heterocycles. The molecule has 0 atom stereocenters. The first-order valence-electron chi connectivity index (χ1n) is 7.51. The lowest BCUT2D eigenvalue weighted by molar-refractivity contribution is -0.122. The monoisotopic (exact) mass is 305 g/mol. The number of carbonyl (C=O) groups excluding carboxylic acids is 2. The van der Waals surface area contributed by atoms with Crippen LogP contribution in [-0.4, -0.2) is 39.0 Å². The molecule has 1 rings (SSSR count).